The van der Waals surface area contributed by atoms with Crippen molar-refractivity contribution in [3.63, 3.8) is 0 Å². The molecule has 0 saturated carbocycles. The van der Waals surface area contributed by atoms with Crippen molar-refractivity contribution in [2.75, 3.05) is 19.0 Å². The fourth-order valence-electron chi connectivity index (χ4n) is 2.67. The van der Waals surface area contributed by atoms with Gasteiger partial charge in [0.25, 0.3) is 5.91 Å². The Balaban J connectivity index is 2.13. The van der Waals surface area contributed by atoms with E-state index >= 15 is 0 Å². The first-order valence-corrected chi connectivity index (χ1v) is 6.55. The summed E-state index contributed by atoms with van der Waals surface area (Å²) in [5.74, 6) is 0.215. The van der Waals surface area contributed by atoms with Crippen molar-refractivity contribution in [1.82, 2.24) is 4.90 Å². The van der Waals surface area contributed by atoms with E-state index in [9.17, 15) is 9.90 Å². The first-order chi connectivity index (χ1) is 9.11. The third kappa shape index (κ3) is 1.83. The number of carbonyl (C=O) groups is 1. The molecule has 1 amide bonds. The molecule has 19 heavy (non-hydrogen) atoms. The highest BCUT2D eigenvalue weighted by Crippen LogP contribution is 2.36. The first kappa shape index (κ1) is 12.2. The van der Waals surface area contributed by atoms with Gasteiger partial charge in [-0.3, -0.25) is 4.79 Å². The zero-order valence-corrected chi connectivity index (χ0v) is 11.3. The molecule has 100 valence electrons. The molecule has 0 unspecified atom stereocenters. The van der Waals surface area contributed by atoms with Crippen molar-refractivity contribution in [2.45, 2.75) is 18.9 Å². The number of phenols is 1. The fraction of sp³-hybridized carbons (Fsp3) is 0.385. The summed E-state index contributed by atoms with van der Waals surface area (Å²) in [5, 5.41) is 12.9. The molecule has 0 spiro atoms. The minimum atomic E-state index is -0.0665. The lowest BCUT2D eigenvalue weighted by atomic mass is 10.1. The molecule has 1 saturated heterocycles. The summed E-state index contributed by atoms with van der Waals surface area (Å²) in [4.78, 5) is 15.0. The van der Waals surface area contributed by atoms with Crippen LogP contribution in [-0.4, -0.2) is 40.6 Å². The third-order valence-corrected chi connectivity index (χ3v) is 4.00. The van der Waals surface area contributed by atoms with E-state index in [0.29, 0.717) is 22.8 Å². The van der Waals surface area contributed by atoms with Crippen LogP contribution in [0.1, 0.15) is 23.2 Å². The highest BCUT2D eigenvalue weighted by Gasteiger charge is 2.36. The number of carbonyl (C=O) groups excluding carboxylic acids is 1. The molecule has 2 aliphatic heterocycles. The van der Waals surface area contributed by atoms with Crippen molar-refractivity contribution in [3.8, 4) is 11.5 Å². The number of fused-ring (bicyclic) bond motifs is 2. The number of nitrogens with one attached hydrogen (secondary N) is 1. The molecule has 1 atom stereocenters. The summed E-state index contributed by atoms with van der Waals surface area (Å²) in [6.45, 7) is 0.716. The maximum Gasteiger partial charge on any atom is 0.256 e. The number of benzene rings is 1. The van der Waals surface area contributed by atoms with Crippen LogP contribution in [0.15, 0.2) is 12.1 Å². The van der Waals surface area contributed by atoms with Crippen molar-refractivity contribution in [2.24, 2.45) is 0 Å². The molecule has 1 aromatic rings. The van der Waals surface area contributed by atoms with Crippen LogP contribution in [-0.2, 0) is 0 Å². The quantitative estimate of drug-likeness (QED) is 0.766. The van der Waals surface area contributed by atoms with E-state index in [1.807, 2.05) is 0 Å². The van der Waals surface area contributed by atoms with E-state index in [2.05, 4.69) is 5.32 Å². The van der Waals surface area contributed by atoms with Gasteiger partial charge in [-0.05, 0) is 18.9 Å². The number of hydrogen-bond acceptors (Lipinski definition) is 4. The molecule has 2 heterocycles. The number of phenolic OH excluding ortho intramolecular Hbond substituents is 1. The number of thiocarbonyl (C=S) groups is 1. The standard InChI is InChI=1S/C13H14N2O3S/c1-18-11-5-7-8(6-10(11)16)14-12(19)9-3-2-4-15(9)13(7)17/h5-6,9,16H,2-4H2,1H3,(H,14,19)/t9-/m0/s1. The Hall–Kier alpha value is -1.82. The van der Waals surface area contributed by atoms with Crippen LogP contribution in [0, 0.1) is 0 Å². The molecular weight excluding hydrogens is 264 g/mol. The Morgan fingerprint density at radius 3 is 3.05 bits per heavy atom. The van der Waals surface area contributed by atoms with Gasteiger partial charge in [0.05, 0.1) is 24.4 Å². The molecule has 2 aliphatic rings. The Kier molecular flexibility index (Phi) is 2.82. The van der Waals surface area contributed by atoms with Gasteiger partial charge in [0.2, 0.25) is 0 Å². The first-order valence-electron chi connectivity index (χ1n) is 6.14. The average molecular weight is 278 g/mol. The van der Waals surface area contributed by atoms with Gasteiger partial charge in [0, 0.05) is 12.6 Å². The highest BCUT2D eigenvalue weighted by atomic mass is 32.1. The van der Waals surface area contributed by atoms with Crippen molar-refractivity contribution in [3.05, 3.63) is 17.7 Å². The summed E-state index contributed by atoms with van der Waals surface area (Å²) in [5.41, 5.74) is 1.03. The van der Waals surface area contributed by atoms with E-state index in [1.165, 1.54) is 13.2 Å². The van der Waals surface area contributed by atoms with Crippen LogP contribution in [0.5, 0.6) is 11.5 Å². The lowest BCUT2D eigenvalue weighted by Gasteiger charge is -2.21. The number of hydrogen-bond donors (Lipinski definition) is 2. The minimum Gasteiger partial charge on any atom is -0.504 e. The topological polar surface area (TPSA) is 61.8 Å². The summed E-state index contributed by atoms with van der Waals surface area (Å²) < 4.78 is 5.06. The lowest BCUT2D eigenvalue weighted by Crippen LogP contribution is -2.39. The third-order valence-electron chi connectivity index (χ3n) is 3.62. The maximum absolute atomic E-state index is 12.5. The second-order valence-electron chi connectivity index (χ2n) is 4.72. The molecule has 0 radical (unpaired) electrons. The second-order valence-corrected chi connectivity index (χ2v) is 5.16. The van der Waals surface area contributed by atoms with Crippen molar-refractivity contribution in [1.29, 1.82) is 0 Å². The summed E-state index contributed by atoms with van der Waals surface area (Å²) >= 11 is 5.35. The molecule has 1 fully saturated rings. The highest BCUT2D eigenvalue weighted by molar-refractivity contribution is 7.80. The Labute approximate surface area is 116 Å². The number of nitrogens with zero attached hydrogens (tertiary/aromatic N) is 1. The Morgan fingerprint density at radius 2 is 2.32 bits per heavy atom. The van der Waals surface area contributed by atoms with Crippen LogP contribution in [0.3, 0.4) is 0 Å². The van der Waals surface area contributed by atoms with Gasteiger partial charge in [-0.2, -0.15) is 0 Å². The number of aromatic hydroxyl groups is 1. The number of methoxy groups -OCH3 is 1. The Bertz CT molecular complexity index is 573. The van der Waals surface area contributed by atoms with Crippen LogP contribution in [0.2, 0.25) is 0 Å². The molecule has 0 aliphatic carbocycles. The van der Waals surface area contributed by atoms with E-state index in [0.717, 1.165) is 12.8 Å². The SMILES string of the molecule is COc1cc2c(cc1O)NC(=S)[C@@H]1CCCN1C2=O. The normalized spacial score (nSPS) is 21.5. The summed E-state index contributed by atoms with van der Waals surface area (Å²) in [6, 6.07) is 3.01. The van der Waals surface area contributed by atoms with E-state index in [-0.39, 0.29) is 23.4 Å². The summed E-state index contributed by atoms with van der Waals surface area (Å²) in [6.07, 6.45) is 1.84. The number of ether oxygens (including phenoxy) is 1. The monoisotopic (exact) mass is 278 g/mol. The smallest absolute Gasteiger partial charge is 0.256 e. The van der Waals surface area contributed by atoms with Gasteiger partial charge < -0.3 is 20.1 Å². The van der Waals surface area contributed by atoms with Gasteiger partial charge >= 0.3 is 0 Å². The molecule has 2 N–H and O–H groups in total. The van der Waals surface area contributed by atoms with Crippen molar-refractivity contribution < 1.29 is 14.6 Å². The average Bonchev–Trinajstić information content (AvgIpc) is 2.84. The fourth-order valence-corrected chi connectivity index (χ4v) is 3.02. The zero-order valence-electron chi connectivity index (χ0n) is 10.5. The molecule has 3 rings (SSSR count). The van der Waals surface area contributed by atoms with Gasteiger partial charge in [0.1, 0.15) is 4.99 Å². The molecule has 5 nitrogen and oxygen atoms in total. The van der Waals surface area contributed by atoms with E-state index in [4.69, 9.17) is 17.0 Å². The second kappa shape index (κ2) is 4.38. The number of rotatable bonds is 1. The van der Waals surface area contributed by atoms with Crippen molar-refractivity contribution >= 4 is 28.8 Å². The molecule has 1 aromatic carbocycles. The predicted molar refractivity (Wildman–Crippen MR) is 74.9 cm³/mol. The van der Waals surface area contributed by atoms with Gasteiger partial charge in [-0.25, -0.2) is 0 Å². The number of amides is 1. The largest absolute Gasteiger partial charge is 0.504 e. The zero-order chi connectivity index (χ0) is 13.6. The maximum atomic E-state index is 12.5. The van der Waals surface area contributed by atoms with Crippen LogP contribution >= 0.6 is 12.2 Å². The van der Waals surface area contributed by atoms with Gasteiger partial charge in [0.15, 0.2) is 11.5 Å². The van der Waals surface area contributed by atoms with Crippen LogP contribution in [0.4, 0.5) is 5.69 Å². The van der Waals surface area contributed by atoms with Gasteiger partial charge in [-0.15, -0.1) is 0 Å². The molecular formula is C13H14N2O3S. The Morgan fingerprint density at radius 1 is 1.53 bits per heavy atom. The minimum absolute atomic E-state index is 0.00795. The van der Waals surface area contributed by atoms with E-state index in [1.54, 1.807) is 11.0 Å². The van der Waals surface area contributed by atoms with Crippen LogP contribution < -0.4 is 10.1 Å². The van der Waals surface area contributed by atoms with Crippen LogP contribution in [0.25, 0.3) is 0 Å². The molecule has 6 heteroatoms. The van der Waals surface area contributed by atoms with E-state index < -0.39 is 0 Å². The summed E-state index contributed by atoms with van der Waals surface area (Å²) in [7, 11) is 1.46. The molecule has 0 aromatic heterocycles. The molecule has 0 bridgehead atoms. The predicted octanol–water partition coefficient (Wildman–Crippen LogP) is 1.76. The number of anilines is 1. The lowest BCUT2D eigenvalue weighted by molar-refractivity contribution is 0.0774. The van der Waals surface area contributed by atoms with Gasteiger partial charge in [-0.1, -0.05) is 12.2 Å².